The predicted molar refractivity (Wildman–Crippen MR) is 91.8 cm³/mol. The van der Waals surface area contributed by atoms with Crippen molar-refractivity contribution in [3.8, 4) is 17.2 Å². The molecule has 0 atom stereocenters. The number of amidine groups is 1. The van der Waals surface area contributed by atoms with Crippen LogP contribution in [0.1, 0.15) is 10.4 Å². The number of thiophene rings is 1. The van der Waals surface area contributed by atoms with Crippen LogP contribution in [-0.2, 0) is 6.61 Å². The first-order chi connectivity index (χ1) is 11.1. The lowest BCUT2D eigenvalue weighted by atomic mass is 10.2. The first-order valence-electron chi connectivity index (χ1n) is 6.93. The number of benzene rings is 2. The number of hydrogen-bond acceptors (Lipinski definition) is 5. The lowest BCUT2D eigenvalue weighted by Crippen LogP contribution is -2.08. The van der Waals surface area contributed by atoms with Crippen LogP contribution in [0.5, 0.6) is 17.2 Å². The second-order valence-corrected chi connectivity index (χ2v) is 6.10. The van der Waals surface area contributed by atoms with Gasteiger partial charge in [0.05, 0.1) is 12.0 Å². The number of nitrogens with one attached hydrogen (secondary N) is 1. The van der Waals surface area contributed by atoms with Crippen molar-refractivity contribution in [2.45, 2.75) is 6.61 Å². The van der Waals surface area contributed by atoms with Crippen molar-refractivity contribution in [2.75, 3.05) is 7.11 Å². The van der Waals surface area contributed by atoms with E-state index in [2.05, 4.69) is 0 Å². The van der Waals surface area contributed by atoms with E-state index in [4.69, 9.17) is 20.6 Å². The second kappa shape index (κ2) is 6.18. The fourth-order valence-electron chi connectivity index (χ4n) is 2.23. The molecule has 1 aromatic heterocycles. The molecule has 1 heterocycles. The van der Waals surface area contributed by atoms with Gasteiger partial charge < -0.3 is 20.3 Å². The summed E-state index contributed by atoms with van der Waals surface area (Å²) in [5.74, 6) is 1.33. The van der Waals surface area contributed by atoms with Crippen LogP contribution in [0.3, 0.4) is 0 Å². The number of aromatic hydroxyl groups is 1. The number of phenolic OH excluding ortho intramolecular Hbond substituents is 1. The summed E-state index contributed by atoms with van der Waals surface area (Å²) < 4.78 is 11.8. The van der Waals surface area contributed by atoms with Crippen molar-refractivity contribution in [1.29, 1.82) is 5.41 Å². The fraction of sp³-hybridized carbons (Fsp3) is 0.118. The summed E-state index contributed by atoms with van der Waals surface area (Å²) in [4.78, 5) is 0.747. The molecule has 5 nitrogen and oxygen atoms in total. The molecule has 0 aliphatic heterocycles. The van der Waals surface area contributed by atoms with Crippen LogP contribution >= 0.6 is 11.3 Å². The number of phenols is 1. The van der Waals surface area contributed by atoms with Crippen LogP contribution in [0.15, 0.2) is 42.5 Å². The molecule has 4 N–H and O–H groups in total. The number of methoxy groups -OCH3 is 1. The topological polar surface area (TPSA) is 88.6 Å². The summed E-state index contributed by atoms with van der Waals surface area (Å²) in [5, 5.41) is 18.3. The smallest absolute Gasteiger partial charge is 0.160 e. The SMILES string of the molecule is COc1ccc(COc2ccc3cc(C(=N)N)sc3c2)cc1O. The molecule has 0 radical (unpaired) electrons. The van der Waals surface area contributed by atoms with Gasteiger partial charge >= 0.3 is 0 Å². The van der Waals surface area contributed by atoms with E-state index >= 15 is 0 Å². The summed E-state index contributed by atoms with van der Waals surface area (Å²) in [7, 11) is 1.51. The Balaban J connectivity index is 1.76. The van der Waals surface area contributed by atoms with E-state index in [1.54, 1.807) is 12.1 Å². The third-order valence-corrected chi connectivity index (χ3v) is 4.54. The van der Waals surface area contributed by atoms with E-state index in [1.807, 2.05) is 30.3 Å². The average molecular weight is 328 g/mol. The van der Waals surface area contributed by atoms with E-state index < -0.39 is 0 Å². The number of nitrogens with two attached hydrogens (primary N) is 1. The van der Waals surface area contributed by atoms with Gasteiger partial charge in [-0.05, 0) is 47.3 Å². The first kappa shape index (κ1) is 15.2. The Morgan fingerprint density at radius 2 is 2.04 bits per heavy atom. The molecule has 0 saturated carbocycles. The molecule has 0 aliphatic carbocycles. The van der Waals surface area contributed by atoms with Gasteiger partial charge in [-0.2, -0.15) is 0 Å². The van der Waals surface area contributed by atoms with E-state index in [9.17, 15) is 5.11 Å². The molecule has 118 valence electrons. The van der Waals surface area contributed by atoms with Gasteiger partial charge in [-0.15, -0.1) is 11.3 Å². The highest BCUT2D eigenvalue weighted by Crippen LogP contribution is 2.30. The Hall–Kier alpha value is -2.73. The third-order valence-electron chi connectivity index (χ3n) is 3.41. The molecule has 0 fully saturated rings. The third kappa shape index (κ3) is 3.22. The molecule has 0 unspecified atom stereocenters. The highest BCUT2D eigenvalue weighted by atomic mass is 32.1. The number of nitrogen functional groups attached to an aromatic ring is 1. The average Bonchev–Trinajstić information content (AvgIpc) is 2.96. The van der Waals surface area contributed by atoms with Gasteiger partial charge in [-0.1, -0.05) is 6.07 Å². The van der Waals surface area contributed by atoms with Crippen molar-refractivity contribution in [2.24, 2.45) is 5.73 Å². The van der Waals surface area contributed by atoms with E-state index in [0.29, 0.717) is 12.4 Å². The Bertz CT molecular complexity index is 873. The number of rotatable bonds is 5. The maximum absolute atomic E-state index is 9.77. The van der Waals surface area contributed by atoms with Crippen LogP contribution < -0.4 is 15.2 Å². The van der Waals surface area contributed by atoms with Crippen LogP contribution in [0, 0.1) is 5.41 Å². The van der Waals surface area contributed by atoms with Crippen LogP contribution in [0.4, 0.5) is 0 Å². The molecular formula is C17H16N2O3S. The van der Waals surface area contributed by atoms with Crippen molar-refractivity contribution in [3.05, 3.63) is 52.9 Å². The van der Waals surface area contributed by atoms with Gasteiger partial charge in [-0.25, -0.2) is 0 Å². The van der Waals surface area contributed by atoms with Crippen LogP contribution in [0.2, 0.25) is 0 Å². The van der Waals surface area contributed by atoms with Gasteiger partial charge in [0, 0.05) is 4.70 Å². The summed E-state index contributed by atoms with van der Waals surface area (Å²) in [5.41, 5.74) is 6.36. The molecular weight excluding hydrogens is 312 g/mol. The molecule has 0 saturated heterocycles. The molecule has 0 spiro atoms. The molecule has 2 aromatic carbocycles. The number of fused-ring (bicyclic) bond motifs is 1. The second-order valence-electron chi connectivity index (χ2n) is 5.02. The summed E-state index contributed by atoms with van der Waals surface area (Å²) >= 11 is 1.46. The Morgan fingerprint density at radius 1 is 1.22 bits per heavy atom. The number of ether oxygens (including phenoxy) is 2. The van der Waals surface area contributed by atoms with Gasteiger partial charge in [-0.3, -0.25) is 5.41 Å². The zero-order valence-electron chi connectivity index (χ0n) is 12.5. The Labute approximate surface area is 137 Å². The van der Waals surface area contributed by atoms with E-state index in [-0.39, 0.29) is 11.6 Å². The van der Waals surface area contributed by atoms with E-state index in [0.717, 1.165) is 26.3 Å². The number of hydrogen-bond donors (Lipinski definition) is 3. The Morgan fingerprint density at radius 3 is 2.74 bits per heavy atom. The van der Waals surface area contributed by atoms with Crippen LogP contribution in [-0.4, -0.2) is 18.1 Å². The highest BCUT2D eigenvalue weighted by Gasteiger charge is 2.07. The van der Waals surface area contributed by atoms with Crippen molar-refractivity contribution in [1.82, 2.24) is 0 Å². The quantitative estimate of drug-likeness (QED) is 0.494. The van der Waals surface area contributed by atoms with Crippen molar-refractivity contribution in [3.63, 3.8) is 0 Å². The zero-order chi connectivity index (χ0) is 16.4. The molecule has 3 rings (SSSR count). The molecule has 3 aromatic rings. The summed E-state index contributed by atoms with van der Waals surface area (Å²) in [6.07, 6.45) is 0. The minimum absolute atomic E-state index is 0.0716. The molecule has 0 bridgehead atoms. The van der Waals surface area contributed by atoms with Gasteiger partial charge in [0.2, 0.25) is 0 Å². The van der Waals surface area contributed by atoms with Crippen molar-refractivity contribution >= 4 is 27.3 Å². The minimum Gasteiger partial charge on any atom is -0.504 e. The van der Waals surface area contributed by atoms with E-state index in [1.165, 1.54) is 18.4 Å². The standard InChI is InChI=1S/C17H16N2O3S/c1-21-14-5-2-10(6-13(14)20)9-22-12-4-3-11-7-16(17(18)19)23-15(11)8-12/h2-8,20H,9H2,1H3,(H3,18,19). The van der Waals surface area contributed by atoms with Gasteiger partial charge in [0.25, 0.3) is 0 Å². The van der Waals surface area contributed by atoms with Gasteiger partial charge in [0.1, 0.15) is 18.2 Å². The largest absolute Gasteiger partial charge is 0.504 e. The molecule has 23 heavy (non-hydrogen) atoms. The highest BCUT2D eigenvalue weighted by molar-refractivity contribution is 7.20. The summed E-state index contributed by atoms with van der Waals surface area (Å²) in [6, 6.07) is 12.8. The van der Waals surface area contributed by atoms with Crippen LogP contribution in [0.25, 0.3) is 10.1 Å². The molecule has 0 amide bonds. The molecule has 0 aliphatic rings. The Kier molecular flexibility index (Phi) is 4.08. The predicted octanol–water partition coefficient (Wildman–Crippen LogP) is 3.48. The fourth-order valence-corrected chi connectivity index (χ4v) is 3.18. The maximum atomic E-state index is 9.77. The lowest BCUT2D eigenvalue weighted by molar-refractivity contribution is 0.305. The monoisotopic (exact) mass is 328 g/mol. The van der Waals surface area contributed by atoms with Crippen molar-refractivity contribution < 1.29 is 14.6 Å². The maximum Gasteiger partial charge on any atom is 0.160 e. The first-order valence-corrected chi connectivity index (χ1v) is 7.75. The lowest BCUT2D eigenvalue weighted by Gasteiger charge is -2.08. The summed E-state index contributed by atoms with van der Waals surface area (Å²) in [6.45, 7) is 0.341. The zero-order valence-corrected chi connectivity index (χ0v) is 13.3. The minimum atomic E-state index is 0.0716. The molecule has 6 heteroatoms. The normalized spacial score (nSPS) is 10.7. The van der Waals surface area contributed by atoms with Gasteiger partial charge in [0.15, 0.2) is 11.5 Å².